The molecule has 5 nitrogen and oxygen atoms in total. The third kappa shape index (κ3) is 4.07. The van der Waals surface area contributed by atoms with E-state index in [1.807, 2.05) is 37.3 Å². The van der Waals surface area contributed by atoms with Crippen LogP contribution in [0, 0.1) is 0 Å². The fraction of sp³-hybridized carbons (Fsp3) is 0.125. The van der Waals surface area contributed by atoms with Crippen molar-refractivity contribution in [3.05, 3.63) is 65.7 Å². The summed E-state index contributed by atoms with van der Waals surface area (Å²) in [6.45, 7) is 1.88. The highest BCUT2D eigenvalue weighted by molar-refractivity contribution is 5.93. The number of carboxylic acids is 1. The molecule has 2 amide bonds. The van der Waals surface area contributed by atoms with Gasteiger partial charge in [-0.3, -0.25) is 0 Å². The van der Waals surface area contributed by atoms with E-state index in [0.717, 1.165) is 5.56 Å². The van der Waals surface area contributed by atoms with E-state index in [1.165, 1.54) is 12.1 Å². The molecule has 5 heteroatoms. The molecule has 2 aromatic rings. The number of rotatable bonds is 4. The molecule has 0 bridgehead atoms. The summed E-state index contributed by atoms with van der Waals surface area (Å²) in [6, 6.07) is 15.2. The quantitative estimate of drug-likeness (QED) is 0.806. The van der Waals surface area contributed by atoms with Crippen molar-refractivity contribution >= 4 is 17.7 Å². The van der Waals surface area contributed by atoms with Crippen LogP contribution in [-0.4, -0.2) is 17.1 Å². The van der Waals surface area contributed by atoms with Crippen molar-refractivity contribution in [2.75, 3.05) is 5.32 Å². The van der Waals surface area contributed by atoms with Gasteiger partial charge in [0, 0.05) is 5.69 Å². The maximum atomic E-state index is 11.9. The number of carbonyl (C=O) groups excluding carboxylic acids is 1. The zero-order valence-electron chi connectivity index (χ0n) is 11.5. The summed E-state index contributed by atoms with van der Waals surface area (Å²) in [5.41, 5.74) is 1.56. The molecule has 2 rings (SSSR count). The molecule has 1 atom stereocenters. The van der Waals surface area contributed by atoms with Crippen LogP contribution in [0.4, 0.5) is 10.5 Å². The van der Waals surface area contributed by atoms with Gasteiger partial charge in [-0.25, -0.2) is 9.59 Å². The van der Waals surface area contributed by atoms with Gasteiger partial charge in [-0.05, 0) is 30.7 Å². The molecule has 0 radical (unpaired) electrons. The summed E-state index contributed by atoms with van der Waals surface area (Å²) in [7, 11) is 0. The lowest BCUT2D eigenvalue weighted by Gasteiger charge is -2.15. The van der Waals surface area contributed by atoms with Gasteiger partial charge in [0.15, 0.2) is 0 Å². The minimum absolute atomic E-state index is 0.129. The van der Waals surface area contributed by atoms with Crippen molar-refractivity contribution in [1.29, 1.82) is 0 Å². The smallest absolute Gasteiger partial charge is 0.335 e. The Labute approximate surface area is 122 Å². The summed E-state index contributed by atoms with van der Waals surface area (Å²) in [5, 5.41) is 14.3. The average molecular weight is 284 g/mol. The second-order valence-corrected chi connectivity index (χ2v) is 4.62. The molecule has 0 saturated carbocycles. The number of carboxylic acid groups (broad SMARTS) is 1. The number of nitrogens with one attached hydrogen (secondary N) is 2. The number of hydrogen-bond acceptors (Lipinski definition) is 2. The first-order chi connectivity index (χ1) is 10.1. The summed E-state index contributed by atoms with van der Waals surface area (Å²) in [6.07, 6.45) is 0. The zero-order chi connectivity index (χ0) is 15.2. The molecule has 0 aliphatic heterocycles. The van der Waals surface area contributed by atoms with Crippen LogP contribution >= 0.6 is 0 Å². The first kappa shape index (κ1) is 14.6. The fourth-order valence-corrected chi connectivity index (χ4v) is 1.92. The Morgan fingerprint density at radius 1 is 1.05 bits per heavy atom. The lowest BCUT2D eigenvalue weighted by atomic mass is 10.1. The van der Waals surface area contributed by atoms with E-state index in [2.05, 4.69) is 10.6 Å². The molecule has 0 saturated heterocycles. The molecule has 21 heavy (non-hydrogen) atoms. The van der Waals surface area contributed by atoms with Gasteiger partial charge in [0.2, 0.25) is 0 Å². The summed E-state index contributed by atoms with van der Waals surface area (Å²) in [4.78, 5) is 22.8. The molecule has 2 aromatic carbocycles. The lowest BCUT2D eigenvalue weighted by molar-refractivity contribution is 0.0697. The molecule has 0 fully saturated rings. The van der Waals surface area contributed by atoms with Crippen LogP contribution in [0.5, 0.6) is 0 Å². The van der Waals surface area contributed by atoms with Crippen LogP contribution in [0.2, 0.25) is 0 Å². The summed E-state index contributed by atoms with van der Waals surface area (Å²) in [5.74, 6) is -1.03. The molecular weight excluding hydrogens is 268 g/mol. The standard InChI is InChI=1S/C16H16N2O3/c1-11(12-6-3-2-4-7-12)17-16(21)18-14-9-5-8-13(10-14)15(19)20/h2-11H,1H3,(H,19,20)(H2,17,18,21). The predicted molar refractivity (Wildman–Crippen MR) is 80.4 cm³/mol. The van der Waals surface area contributed by atoms with Crippen LogP contribution in [-0.2, 0) is 0 Å². The van der Waals surface area contributed by atoms with Gasteiger partial charge >= 0.3 is 12.0 Å². The number of amides is 2. The van der Waals surface area contributed by atoms with Crippen LogP contribution in [0.1, 0.15) is 28.9 Å². The normalized spacial score (nSPS) is 11.5. The zero-order valence-corrected chi connectivity index (χ0v) is 11.5. The molecule has 0 heterocycles. The number of carbonyl (C=O) groups is 2. The van der Waals surface area contributed by atoms with Gasteiger partial charge in [-0.1, -0.05) is 36.4 Å². The second kappa shape index (κ2) is 6.56. The Bertz CT molecular complexity index is 641. The van der Waals surface area contributed by atoms with Gasteiger partial charge in [-0.2, -0.15) is 0 Å². The number of anilines is 1. The average Bonchev–Trinajstić information content (AvgIpc) is 2.48. The largest absolute Gasteiger partial charge is 0.478 e. The van der Waals surface area contributed by atoms with Crippen molar-refractivity contribution < 1.29 is 14.7 Å². The van der Waals surface area contributed by atoms with E-state index in [4.69, 9.17) is 5.11 Å². The van der Waals surface area contributed by atoms with Crippen molar-refractivity contribution in [2.24, 2.45) is 0 Å². The van der Waals surface area contributed by atoms with Gasteiger partial charge in [0.05, 0.1) is 11.6 Å². The predicted octanol–water partition coefficient (Wildman–Crippen LogP) is 3.27. The second-order valence-electron chi connectivity index (χ2n) is 4.62. The van der Waals surface area contributed by atoms with Gasteiger partial charge < -0.3 is 15.7 Å². The number of aromatic carboxylic acids is 1. The van der Waals surface area contributed by atoms with E-state index >= 15 is 0 Å². The van der Waals surface area contributed by atoms with Crippen molar-refractivity contribution in [1.82, 2.24) is 5.32 Å². The van der Waals surface area contributed by atoms with E-state index in [0.29, 0.717) is 5.69 Å². The molecule has 0 aromatic heterocycles. The summed E-state index contributed by atoms with van der Waals surface area (Å²) < 4.78 is 0. The highest BCUT2D eigenvalue weighted by Gasteiger charge is 2.10. The minimum atomic E-state index is -1.03. The van der Waals surface area contributed by atoms with Gasteiger partial charge in [-0.15, -0.1) is 0 Å². The Morgan fingerprint density at radius 3 is 2.43 bits per heavy atom. The monoisotopic (exact) mass is 284 g/mol. The minimum Gasteiger partial charge on any atom is -0.478 e. The van der Waals surface area contributed by atoms with E-state index in [-0.39, 0.29) is 17.6 Å². The summed E-state index contributed by atoms with van der Waals surface area (Å²) >= 11 is 0. The highest BCUT2D eigenvalue weighted by atomic mass is 16.4. The van der Waals surface area contributed by atoms with E-state index in [1.54, 1.807) is 12.1 Å². The fourth-order valence-electron chi connectivity index (χ4n) is 1.92. The van der Waals surface area contributed by atoms with Crippen LogP contribution in [0.25, 0.3) is 0 Å². The maximum absolute atomic E-state index is 11.9. The molecule has 0 aliphatic rings. The number of hydrogen-bond donors (Lipinski definition) is 3. The first-order valence-electron chi connectivity index (χ1n) is 6.52. The molecule has 0 aliphatic carbocycles. The first-order valence-corrected chi connectivity index (χ1v) is 6.52. The Morgan fingerprint density at radius 2 is 1.76 bits per heavy atom. The molecule has 108 valence electrons. The Hall–Kier alpha value is -2.82. The van der Waals surface area contributed by atoms with Crippen LogP contribution in [0.15, 0.2) is 54.6 Å². The Balaban J connectivity index is 1.99. The van der Waals surface area contributed by atoms with Gasteiger partial charge in [0.25, 0.3) is 0 Å². The van der Waals surface area contributed by atoms with Crippen LogP contribution in [0.3, 0.4) is 0 Å². The van der Waals surface area contributed by atoms with E-state index < -0.39 is 5.97 Å². The number of benzene rings is 2. The molecule has 0 spiro atoms. The lowest BCUT2D eigenvalue weighted by Crippen LogP contribution is -2.31. The van der Waals surface area contributed by atoms with Crippen molar-refractivity contribution in [3.63, 3.8) is 0 Å². The van der Waals surface area contributed by atoms with Crippen molar-refractivity contribution in [2.45, 2.75) is 13.0 Å². The maximum Gasteiger partial charge on any atom is 0.335 e. The van der Waals surface area contributed by atoms with Crippen LogP contribution < -0.4 is 10.6 Å². The van der Waals surface area contributed by atoms with E-state index in [9.17, 15) is 9.59 Å². The van der Waals surface area contributed by atoms with Crippen molar-refractivity contribution in [3.8, 4) is 0 Å². The topological polar surface area (TPSA) is 78.4 Å². The number of urea groups is 1. The third-order valence-electron chi connectivity index (χ3n) is 3.01. The Kier molecular flexibility index (Phi) is 4.56. The SMILES string of the molecule is CC(NC(=O)Nc1cccc(C(=O)O)c1)c1ccccc1. The molecule has 3 N–H and O–H groups in total. The third-order valence-corrected chi connectivity index (χ3v) is 3.01. The molecular formula is C16H16N2O3. The molecule has 1 unspecified atom stereocenters. The highest BCUT2D eigenvalue weighted by Crippen LogP contribution is 2.13. The van der Waals surface area contributed by atoms with Gasteiger partial charge in [0.1, 0.15) is 0 Å².